The standard InChI is InChI=1S/C23H28N2O4S/c1-4-5-6-13-28-22(27)18-9-11-19(12-10-18)24-23(30)25-21(26)15-29-20-14-16(2)7-8-17(20)3/h7-12,14H,4-6,13,15H2,1-3H3,(H2,24,25,26,30). The van der Waals surface area contributed by atoms with Crippen LogP contribution >= 0.6 is 12.2 Å². The van der Waals surface area contributed by atoms with Crippen molar-refractivity contribution in [3.63, 3.8) is 0 Å². The number of esters is 1. The molecule has 0 aliphatic heterocycles. The smallest absolute Gasteiger partial charge is 0.338 e. The molecule has 160 valence electrons. The van der Waals surface area contributed by atoms with Crippen LogP contribution in [-0.2, 0) is 9.53 Å². The zero-order valence-corrected chi connectivity index (χ0v) is 18.4. The van der Waals surface area contributed by atoms with Crippen molar-refractivity contribution in [2.24, 2.45) is 0 Å². The van der Waals surface area contributed by atoms with Gasteiger partial charge in [0.15, 0.2) is 11.7 Å². The molecule has 30 heavy (non-hydrogen) atoms. The lowest BCUT2D eigenvalue weighted by molar-refractivity contribution is -0.121. The fraction of sp³-hybridized carbons (Fsp3) is 0.348. The molecule has 0 aliphatic rings. The van der Waals surface area contributed by atoms with Crippen LogP contribution in [0.15, 0.2) is 42.5 Å². The van der Waals surface area contributed by atoms with Crippen molar-refractivity contribution in [1.29, 1.82) is 0 Å². The van der Waals surface area contributed by atoms with Crippen LogP contribution in [0.25, 0.3) is 0 Å². The van der Waals surface area contributed by atoms with E-state index >= 15 is 0 Å². The third kappa shape index (κ3) is 7.83. The lowest BCUT2D eigenvalue weighted by atomic mass is 10.1. The predicted molar refractivity (Wildman–Crippen MR) is 122 cm³/mol. The van der Waals surface area contributed by atoms with E-state index in [-0.39, 0.29) is 23.6 Å². The summed E-state index contributed by atoms with van der Waals surface area (Å²) in [5.74, 6) is -0.0426. The molecule has 0 aliphatic carbocycles. The number of carbonyl (C=O) groups excluding carboxylic acids is 2. The minimum absolute atomic E-state index is 0.144. The zero-order valence-electron chi connectivity index (χ0n) is 17.6. The highest BCUT2D eigenvalue weighted by Gasteiger charge is 2.09. The molecule has 0 aromatic heterocycles. The number of unbranched alkanes of at least 4 members (excludes halogenated alkanes) is 2. The highest BCUT2D eigenvalue weighted by Crippen LogP contribution is 2.18. The van der Waals surface area contributed by atoms with Crippen LogP contribution in [0, 0.1) is 13.8 Å². The Kier molecular flexibility index (Phi) is 9.28. The zero-order chi connectivity index (χ0) is 21.9. The van der Waals surface area contributed by atoms with E-state index < -0.39 is 0 Å². The average Bonchev–Trinajstić information content (AvgIpc) is 2.72. The second kappa shape index (κ2) is 11.9. The molecule has 2 aromatic carbocycles. The maximum absolute atomic E-state index is 12.1. The first-order valence-electron chi connectivity index (χ1n) is 9.97. The Hall–Kier alpha value is -2.93. The summed E-state index contributed by atoms with van der Waals surface area (Å²) in [6.45, 7) is 6.26. The summed E-state index contributed by atoms with van der Waals surface area (Å²) >= 11 is 5.17. The number of rotatable bonds is 9. The molecule has 2 aromatic rings. The quantitative estimate of drug-likeness (QED) is 0.347. The first-order valence-corrected chi connectivity index (χ1v) is 10.4. The van der Waals surface area contributed by atoms with Crippen LogP contribution < -0.4 is 15.4 Å². The van der Waals surface area contributed by atoms with E-state index in [1.165, 1.54) is 0 Å². The van der Waals surface area contributed by atoms with Gasteiger partial charge < -0.3 is 14.8 Å². The Morgan fingerprint density at radius 3 is 2.47 bits per heavy atom. The van der Waals surface area contributed by atoms with Crippen molar-refractivity contribution >= 4 is 34.9 Å². The molecule has 6 nitrogen and oxygen atoms in total. The molecule has 0 fully saturated rings. The van der Waals surface area contributed by atoms with Gasteiger partial charge in [-0.1, -0.05) is 31.9 Å². The van der Waals surface area contributed by atoms with Crippen molar-refractivity contribution in [3.8, 4) is 5.75 Å². The van der Waals surface area contributed by atoms with Crippen molar-refractivity contribution < 1.29 is 19.1 Å². The van der Waals surface area contributed by atoms with Crippen LogP contribution in [0.2, 0.25) is 0 Å². The second-order valence-electron chi connectivity index (χ2n) is 6.98. The van der Waals surface area contributed by atoms with Gasteiger partial charge in [0, 0.05) is 5.69 Å². The van der Waals surface area contributed by atoms with E-state index in [1.807, 2.05) is 32.0 Å². The van der Waals surface area contributed by atoms with Crippen LogP contribution in [-0.4, -0.2) is 30.2 Å². The van der Waals surface area contributed by atoms with Crippen LogP contribution in [0.3, 0.4) is 0 Å². The fourth-order valence-corrected chi connectivity index (χ4v) is 2.85. The Balaban J connectivity index is 1.78. The van der Waals surface area contributed by atoms with Gasteiger partial charge in [-0.25, -0.2) is 4.79 Å². The Morgan fingerprint density at radius 1 is 1.03 bits per heavy atom. The molecular formula is C23H28N2O4S. The number of benzene rings is 2. The Labute approximate surface area is 183 Å². The van der Waals surface area contributed by atoms with Gasteiger partial charge in [-0.15, -0.1) is 0 Å². The van der Waals surface area contributed by atoms with Crippen molar-refractivity contribution in [2.45, 2.75) is 40.0 Å². The van der Waals surface area contributed by atoms with Crippen LogP contribution in [0.4, 0.5) is 5.69 Å². The van der Waals surface area contributed by atoms with Gasteiger partial charge in [0.2, 0.25) is 0 Å². The normalized spacial score (nSPS) is 10.2. The number of amides is 1. The number of nitrogens with one attached hydrogen (secondary N) is 2. The topological polar surface area (TPSA) is 76.7 Å². The van der Waals surface area contributed by atoms with E-state index in [0.29, 0.717) is 23.6 Å². The molecule has 0 spiro atoms. The number of hydrogen-bond acceptors (Lipinski definition) is 5. The molecule has 0 atom stereocenters. The SMILES string of the molecule is CCCCCOC(=O)c1ccc(NC(=S)NC(=O)COc2cc(C)ccc2C)cc1. The summed E-state index contributed by atoms with van der Waals surface area (Å²) in [4.78, 5) is 24.1. The summed E-state index contributed by atoms with van der Waals surface area (Å²) in [7, 11) is 0. The van der Waals surface area contributed by atoms with Crippen molar-refractivity contribution in [3.05, 3.63) is 59.2 Å². The molecule has 0 radical (unpaired) electrons. The molecule has 2 N–H and O–H groups in total. The summed E-state index contributed by atoms with van der Waals surface area (Å²) in [6.07, 6.45) is 2.98. The van der Waals surface area contributed by atoms with Crippen LogP contribution in [0.5, 0.6) is 5.75 Å². The summed E-state index contributed by atoms with van der Waals surface area (Å²) < 4.78 is 10.8. The largest absolute Gasteiger partial charge is 0.483 e. The Bertz CT molecular complexity index is 881. The fourth-order valence-electron chi connectivity index (χ4n) is 2.62. The number of aryl methyl sites for hydroxylation is 2. The van der Waals surface area contributed by atoms with Crippen LogP contribution in [0.1, 0.15) is 47.7 Å². The Morgan fingerprint density at radius 2 is 1.77 bits per heavy atom. The molecular weight excluding hydrogens is 400 g/mol. The second-order valence-corrected chi connectivity index (χ2v) is 7.39. The van der Waals surface area contributed by atoms with Gasteiger partial charge in [0.1, 0.15) is 5.75 Å². The van der Waals surface area contributed by atoms with E-state index in [9.17, 15) is 9.59 Å². The summed E-state index contributed by atoms with van der Waals surface area (Å²) in [5, 5.41) is 5.64. The van der Waals surface area contributed by atoms with Gasteiger partial charge >= 0.3 is 5.97 Å². The molecule has 0 bridgehead atoms. The van der Waals surface area contributed by atoms with E-state index in [1.54, 1.807) is 24.3 Å². The van der Waals surface area contributed by atoms with E-state index in [0.717, 1.165) is 30.4 Å². The molecule has 1 amide bonds. The molecule has 0 unspecified atom stereocenters. The maximum Gasteiger partial charge on any atom is 0.338 e. The van der Waals surface area contributed by atoms with Gasteiger partial charge in [-0.05, 0) is 73.9 Å². The first-order chi connectivity index (χ1) is 14.4. The predicted octanol–water partition coefficient (Wildman–Crippen LogP) is 4.54. The van der Waals surface area contributed by atoms with Gasteiger partial charge in [-0.2, -0.15) is 0 Å². The summed E-state index contributed by atoms with van der Waals surface area (Å²) in [5.41, 5.74) is 3.13. The van der Waals surface area contributed by atoms with E-state index in [2.05, 4.69) is 17.6 Å². The number of anilines is 1. The molecule has 7 heteroatoms. The lowest BCUT2D eigenvalue weighted by Gasteiger charge is -2.12. The van der Waals surface area contributed by atoms with E-state index in [4.69, 9.17) is 21.7 Å². The first kappa shape index (κ1) is 23.3. The summed E-state index contributed by atoms with van der Waals surface area (Å²) in [6, 6.07) is 12.5. The average molecular weight is 429 g/mol. The number of carbonyl (C=O) groups is 2. The number of hydrogen-bond donors (Lipinski definition) is 2. The third-order valence-electron chi connectivity index (χ3n) is 4.31. The third-order valence-corrected chi connectivity index (χ3v) is 4.52. The van der Waals surface area contributed by atoms with Crippen molar-refractivity contribution in [1.82, 2.24) is 5.32 Å². The number of ether oxygens (including phenoxy) is 2. The highest BCUT2D eigenvalue weighted by molar-refractivity contribution is 7.80. The minimum atomic E-state index is -0.360. The maximum atomic E-state index is 12.1. The lowest BCUT2D eigenvalue weighted by Crippen LogP contribution is -2.37. The molecule has 0 saturated heterocycles. The highest BCUT2D eigenvalue weighted by atomic mass is 32.1. The molecule has 0 saturated carbocycles. The van der Waals surface area contributed by atoms with Gasteiger partial charge in [-0.3, -0.25) is 10.1 Å². The number of thiocarbonyl (C=S) groups is 1. The van der Waals surface area contributed by atoms with Crippen molar-refractivity contribution in [2.75, 3.05) is 18.5 Å². The van der Waals surface area contributed by atoms with Gasteiger partial charge in [0.05, 0.1) is 12.2 Å². The molecule has 0 heterocycles. The van der Waals surface area contributed by atoms with Gasteiger partial charge in [0.25, 0.3) is 5.91 Å². The monoisotopic (exact) mass is 428 g/mol. The molecule has 2 rings (SSSR count). The minimum Gasteiger partial charge on any atom is -0.483 e.